The number of ether oxygens (including phenoxy) is 2. The van der Waals surface area contributed by atoms with Crippen molar-refractivity contribution in [3.8, 4) is 0 Å². The van der Waals surface area contributed by atoms with Gasteiger partial charge in [-0.25, -0.2) is 9.59 Å². The Balaban J connectivity index is 6.21. The number of hydrogen-bond donors (Lipinski definition) is 0. The van der Waals surface area contributed by atoms with Gasteiger partial charge in [0.1, 0.15) is 5.57 Å². The molecule has 0 saturated heterocycles. The summed E-state index contributed by atoms with van der Waals surface area (Å²) in [5.74, 6) is -29.4. The molecule has 42 heavy (non-hydrogen) atoms. The Morgan fingerprint density at radius 3 is 1.43 bits per heavy atom. The van der Waals surface area contributed by atoms with E-state index in [-0.39, 0.29) is 12.5 Å². The molecular formula is C23H42F8O7Si4. The van der Waals surface area contributed by atoms with Crippen molar-refractivity contribution < 1.29 is 66.5 Å². The molecular weight excluding hydrogens is 653 g/mol. The van der Waals surface area contributed by atoms with Crippen LogP contribution in [0.15, 0.2) is 11.6 Å². The molecule has 0 saturated carbocycles. The SMILES string of the molecule is CCOC(=O)/C(=C/C(=O)OCCC[Si](O[Si](C)(C)C)(O[Si](C)(C)C)O[Si](C)(C)C)C(F)(F)C(F)(F)C(F)(F)C(C)(F)F. The van der Waals surface area contributed by atoms with Gasteiger partial charge in [-0.05, 0) is 72.3 Å². The monoisotopic (exact) mass is 694 g/mol. The van der Waals surface area contributed by atoms with Gasteiger partial charge in [0.25, 0.3) is 0 Å². The third kappa shape index (κ3) is 11.8. The first kappa shape index (κ1) is 40.9. The molecule has 0 aromatic carbocycles. The number of rotatable bonds is 17. The lowest BCUT2D eigenvalue weighted by Gasteiger charge is -2.42. The van der Waals surface area contributed by atoms with Gasteiger partial charge in [-0.3, -0.25) is 0 Å². The Morgan fingerprint density at radius 2 is 1.10 bits per heavy atom. The van der Waals surface area contributed by atoms with Crippen LogP contribution in [-0.2, 0) is 31.4 Å². The topological polar surface area (TPSA) is 80.3 Å². The van der Waals surface area contributed by atoms with Gasteiger partial charge < -0.3 is 21.8 Å². The van der Waals surface area contributed by atoms with Crippen LogP contribution in [0.25, 0.3) is 0 Å². The summed E-state index contributed by atoms with van der Waals surface area (Å²) in [7, 11) is -10.2. The highest BCUT2D eigenvalue weighted by Crippen LogP contribution is 2.54. The lowest BCUT2D eigenvalue weighted by atomic mass is 9.93. The number of esters is 2. The summed E-state index contributed by atoms with van der Waals surface area (Å²) in [6.45, 7) is 16.5. The Morgan fingerprint density at radius 1 is 0.690 bits per heavy atom. The van der Waals surface area contributed by atoms with E-state index >= 15 is 0 Å². The predicted octanol–water partition coefficient (Wildman–Crippen LogP) is 7.46. The Labute approximate surface area is 246 Å². The first-order valence-electron chi connectivity index (χ1n) is 13.0. The number of carbonyl (C=O) groups is 2. The average molecular weight is 695 g/mol. The zero-order chi connectivity index (χ0) is 33.8. The number of halogens is 8. The highest BCUT2D eigenvalue weighted by atomic mass is 28.5. The normalized spacial score (nSPS) is 15.1. The second kappa shape index (κ2) is 13.9. The summed E-state index contributed by atoms with van der Waals surface area (Å²) in [5, 5.41) is 0. The summed E-state index contributed by atoms with van der Waals surface area (Å²) in [6.07, 6.45) is -0.469. The Kier molecular flexibility index (Phi) is 13.5. The molecule has 248 valence electrons. The standard InChI is InChI=1S/C23H42F8O7Si4/c1-12-34-19(33)17(21(26,27)23(30,31)22(28,29)20(2,24)25)16-18(32)35-14-13-15-42(36-39(3,4)5,37-40(6,7)8)38-41(9,10)11/h16H,12-15H2,1-11H3/b17-16-. The molecule has 0 unspecified atom stereocenters. The van der Waals surface area contributed by atoms with Gasteiger partial charge in [0, 0.05) is 19.0 Å². The molecule has 0 N–H and O–H groups in total. The summed E-state index contributed by atoms with van der Waals surface area (Å²) in [5.41, 5.74) is -2.57. The maximum absolute atomic E-state index is 14.7. The molecule has 0 radical (unpaired) electrons. The van der Waals surface area contributed by atoms with Crippen LogP contribution in [-0.4, -0.2) is 82.6 Å². The van der Waals surface area contributed by atoms with Gasteiger partial charge in [0.05, 0.1) is 13.2 Å². The lowest BCUT2D eigenvalue weighted by molar-refractivity contribution is -0.353. The fourth-order valence-electron chi connectivity index (χ4n) is 3.36. The minimum Gasteiger partial charge on any atom is -0.463 e. The predicted molar refractivity (Wildman–Crippen MR) is 150 cm³/mol. The summed E-state index contributed by atoms with van der Waals surface area (Å²) >= 11 is 0. The first-order valence-corrected chi connectivity index (χ1v) is 25.2. The van der Waals surface area contributed by atoms with Crippen LogP contribution in [0, 0.1) is 0 Å². The van der Waals surface area contributed by atoms with Crippen molar-refractivity contribution in [3.05, 3.63) is 11.6 Å². The fraction of sp³-hybridized carbons (Fsp3) is 0.826. The van der Waals surface area contributed by atoms with Gasteiger partial charge in [-0.15, -0.1) is 0 Å². The minimum absolute atomic E-state index is 0.00728. The third-order valence-corrected chi connectivity index (χ3v) is 16.7. The second-order valence-corrected chi connectivity index (χ2v) is 29.5. The highest BCUT2D eigenvalue weighted by Gasteiger charge is 2.80. The molecule has 0 atom stereocenters. The van der Waals surface area contributed by atoms with Crippen molar-refractivity contribution in [2.75, 3.05) is 13.2 Å². The van der Waals surface area contributed by atoms with E-state index in [2.05, 4.69) is 4.74 Å². The lowest BCUT2D eigenvalue weighted by Crippen LogP contribution is -2.62. The Bertz CT molecular complexity index is 929. The average Bonchev–Trinajstić information content (AvgIpc) is 2.70. The maximum Gasteiger partial charge on any atom is 0.469 e. The van der Waals surface area contributed by atoms with Crippen LogP contribution in [0.1, 0.15) is 20.3 Å². The van der Waals surface area contributed by atoms with E-state index in [9.17, 15) is 44.7 Å². The van der Waals surface area contributed by atoms with Crippen LogP contribution in [0.3, 0.4) is 0 Å². The molecule has 19 heteroatoms. The largest absolute Gasteiger partial charge is 0.469 e. The maximum atomic E-state index is 14.7. The quantitative estimate of drug-likeness (QED) is 0.0514. The molecule has 0 fully saturated rings. The molecule has 0 aliphatic heterocycles. The number of hydrogen-bond acceptors (Lipinski definition) is 7. The minimum atomic E-state index is -6.81. The molecule has 0 rings (SSSR count). The van der Waals surface area contributed by atoms with Crippen LogP contribution < -0.4 is 0 Å². The molecule has 0 amide bonds. The van der Waals surface area contributed by atoms with Gasteiger partial charge in [0.15, 0.2) is 25.0 Å². The van der Waals surface area contributed by atoms with E-state index in [0.717, 1.165) is 6.92 Å². The smallest absolute Gasteiger partial charge is 0.463 e. The summed E-state index contributed by atoms with van der Waals surface area (Å²) < 4.78 is 140. The van der Waals surface area contributed by atoms with Gasteiger partial charge in [-0.1, -0.05) is 0 Å². The second-order valence-electron chi connectivity index (χ2n) is 12.5. The van der Waals surface area contributed by atoms with E-state index < -0.39 is 101 Å². The van der Waals surface area contributed by atoms with E-state index in [4.69, 9.17) is 17.1 Å². The molecule has 0 aliphatic rings. The van der Waals surface area contributed by atoms with Crippen LogP contribution in [0.4, 0.5) is 35.1 Å². The molecule has 0 aromatic heterocycles. The number of alkyl halides is 8. The zero-order valence-electron chi connectivity index (χ0n) is 25.8. The molecule has 0 aromatic rings. The molecule has 0 heterocycles. The van der Waals surface area contributed by atoms with E-state index in [1.807, 2.05) is 58.9 Å². The highest BCUT2D eigenvalue weighted by molar-refractivity contribution is 6.90. The summed E-state index contributed by atoms with van der Waals surface area (Å²) in [4.78, 5) is 24.3. The number of carbonyl (C=O) groups excluding carboxylic acids is 2. The van der Waals surface area contributed by atoms with E-state index in [1.165, 1.54) is 0 Å². The van der Waals surface area contributed by atoms with E-state index in [1.54, 1.807) is 0 Å². The van der Waals surface area contributed by atoms with Crippen molar-refractivity contribution >= 4 is 45.7 Å². The van der Waals surface area contributed by atoms with Gasteiger partial charge in [-0.2, -0.15) is 35.1 Å². The van der Waals surface area contributed by atoms with E-state index in [0.29, 0.717) is 0 Å². The first-order chi connectivity index (χ1) is 18.3. The van der Waals surface area contributed by atoms with Gasteiger partial charge >= 0.3 is 44.4 Å². The van der Waals surface area contributed by atoms with Crippen LogP contribution in [0.5, 0.6) is 0 Å². The summed E-state index contributed by atoms with van der Waals surface area (Å²) in [6, 6.07) is 0.125. The van der Waals surface area contributed by atoms with Crippen LogP contribution >= 0.6 is 0 Å². The molecule has 0 spiro atoms. The third-order valence-electron chi connectivity index (χ3n) is 4.69. The Hall–Kier alpha value is -1.13. The van der Waals surface area contributed by atoms with Crippen molar-refractivity contribution in [3.63, 3.8) is 0 Å². The molecule has 0 aliphatic carbocycles. The zero-order valence-corrected chi connectivity index (χ0v) is 29.8. The fourth-order valence-corrected chi connectivity index (χ4v) is 18.0. The molecule has 0 bridgehead atoms. The van der Waals surface area contributed by atoms with Gasteiger partial charge in [0.2, 0.25) is 0 Å². The van der Waals surface area contributed by atoms with Crippen molar-refractivity contribution in [1.82, 2.24) is 0 Å². The van der Waals surface area contributed by atoms with Crippen molar-refractivity contribution in [1.29, 1.82) is 0 Å². The molecule has 7 nitrogen and oxygen atoms in total. The van der Waals surface area contributed by atoms with Crippen LogP contribution in [0.2, 0.25) is 65.0 Å². The van der Waals surface area contributed by atoms with Crippen molar-refractivity contribution in [2.45, 2.75) is 109 Å². The van der Waals surface area contributed by atoms with Crippen molar-refractivity contribution in [2.24, 2.45) is 0 Å².